The van der Waals surface area contributed by atoms with Crippen molar-refractivity contribution in [2.45, 2.75) is 96.4 Å². The summed E-state index contributed by atoms with van der Waals surface area (Å²) in [5, 5.41) is 65.9. The molecule has 23 heteroatoms. The van der Waals surface area contributed by atoms with Crippen molar-refractivity contribution >= 4 is 40.1 Å². The van der Waals surface area contributed by atoms with Crippen LogP contribution in [0.5, 0.6) is 0 Å². The largest absolute Gasteiger partial charge is 1.00 e. The Hall–Kier alpha value is -0.206. The maximum atomic E-state index is 10.1. The number of hydrogen-bond donors (Lipinski definition) is 2. The Labute approximate surface area is 319 Å². The summed E-state index contributed by atoms with van der Waals surface area (Å²) in [6.07, 6.45) is 0.559. The second kappa shape index (κ2) is 19.5. The maximum Gasteiger partial charge on any atom is 1.00 e. The summed E-state index contributed by atoms with van der Waals surface area (Å²) in [6.45, 7) is 18.8. The van der Waals surface area contributed by atoms with E-state index >= 15 is 0 Å². The zero-order valence-corrected chi connectivity index (χ0v) is 35.3. The van der Waals surface area contributed by atoms with Crippen LogP contribution in [0.3, 0.4) is 0 Å². The van der Waals surface area contributed by atoms with E-state index in [0.717, 1.165) is 0 Å². The van der Waals surface area contributed by atoms with E-state index in [4.69, 9.17) is 19.7 Å². The molecule has 0 saturated heterocycles. The number of hydrogen-bond acceptors (Lipinski definition) is 16. The molecule has 0 saturated carbocycles. The van der Waals surface area contributed by atoms with E-state index in [0.29, 0.717) is 12.3 Å². The second-order valence-electron chi connectivity index (χ2n) is 11.9. The van der Waals surface area contributed by atoms with E-state index in [1.54, 1.807) is 13.8 Å². The summed E-state index contributed by atoms with van der Waals surface area (Å²) in [4.78, 5) is 18.3. The molecule has 0 fully saturated rings. The average Bonchev–Trinajstić information content (AvgIpc) is 2.81. The number of aliphatic imine (C=N–C) groups is 2. The molecule has 2 heterocycles. The van der Waals surface area contributed by atoms with Gasteiger partial charge in [0.1, 0.15) is 11.1 Å². The topological polar surface area (TPSA) is 262 Å². The summed E-state index contributed by atoms with van der Waals surface area (Å²) in [7, 11) is -3.79. The molecule has 0 radical (unpaired) electrons. The smallest absolute Gasteiger partial charge is 0.636 e. The number of nitrogens with zero attached hydrogens (tertiary/aromatic N) is 8. The predicted octanol–water partition coefficient (Wildman–Crippen LogP) is -6.86. The molecule has 0 aromatic heterocycles. The third-order valence-electron chi connectivity index (χ3n) is 5.43. The molecule has 0 aromatic rings. The van der Waals surface area contributed by atoms with Gasteiger partial charge >= 0.3 is 88.7 Å². The fourth-order valence-corrected chi connectivity index (χ4v) is 5.44. The van der Waals surface area contributed by atoms with Crippen LogP contribution in [0, 0.1) is 16.7 Å². The fraction of sp³-hybridized carbons (Fsp3) is 0.800. The van der Waals surface area contributed by atoms with Crippen LogP contribution in [0.15, 0.2) is 41.2 Å². The van der Waals surface area contributed by atoms with Crippen molar-refractivity contribution in [2.24, 2.45) is 47.1 Å². The molecule has 2 aliphatic rings. The van der Waals surface area contributed by atoms with Gasteiger partial charge in [-0.15, -0.1) is 15.3 Å². The fourth-order valence-electron chi connectivity index (χ4n) is 3.72. The molecule has 2 N–H and O–H groups in total. The van der Waals surface area contributed by atoms with Crippen LogP contribution >= 0.6 is 0 Å². The minimum absolute atomic E-state index is 0. The Morgan fingerprint density at radius 3 is 1.51 bits per heavy atom. The molecule has 0 spiro atoms. The molecule has 0 aromatic carbocycles. The van der Waals surface area contributed by atoms with Gasteiger partial charge in [-0.3, -0.25) is 10.8 Å². The summed E-state index contributed by atoms with van der Waals surface area (Å²) >= 11 is 0. The van der Waals surface area contributed by atoms with E-state index < -0.39 is 33.3 Å². The number of rotatable bonds is 8. The molecule has 226 valence electrons. The van der Waals surface area contributed by atoms with E-state index in [1.807, 2.05) is 26.6 Å². The predicted molar refractivity (Wildman–Crippen MR) is 141 cm³/mol. The van der Waals surface area contributed by atoms with E-state index in [1.165, 1.54) is 6.92 Å². The van der Waals surface area contributed by atoms with Gasteiger partial charge in [-0.05, 0) is 66.5 Å². The van der Waals surface area contributed by atoms with Crippen molar-refractivity contribution in [3.8, 4) is 0 Å². The SMILES string of the molecule is CC1(N=NO[O-])CC(C)(N=NO[O-])C(O[Si](C)(C)C)=NC1=N.CC1CC(C)(N=NO[O-])C(=N)N=C1O[Si](C)(C)C.[Na+].[Na+].[Na+]. The first-order chi connectivity index (χ1) is 18.2. The molecule has 18 nitrogen and oxygen atoms in total. The van der Waals surface area contributed by atoms with Gasteiger partial charge in [0.2, 0.25) is 22.5 Å². The molecule has 2 aliphatic heterocycles. The van der Waals surface area contributed by atoms with Crippen LogP contribution in [-0.2, 0) is 23.8 Å². The first-order valence-corrected chi connectivity index (χ1v) is 18.9. The van der Waals surface area contributed by atoms with Gasteiger partial charge in [0.05, 0.1) is 0 Å². The van der Waals surface area contributed by atoms with Crippen molar-refractivity contribution in [3.05, 3.63) is 0 Å². The molecular formula is C20H37N10Na3O8Si2. The van der Waals surface area contributed by atoms with Gasteiger partial charge < -0.3 is 39.6 Å². The van der Waals surface area contributed by atoms with Gasteiger partial charge in [-0.25, -0.2) is 4.99 Å². The molecule has 0 amide bonds. The van der Waals surface area contributed by atoms with Gasteiger partial charge in [-0.1, -0.05) is 6.92 Å². The minimum atomic E-state index is -2.05. The summed E-state index contributed by atoms with van der Waals surface area (Å²) in [6, 6.07) is 0. The van der Waals surface area contributed by atoms with Gasteiger partial charge in [-0.2, -0.15) is 4.99 Å². The van der Waals surface area contributed by atoms with Gasteiger partial charge in [0, 0.05) is 28.2 Å². The third kappa shape index (κ3) is 15.3. The maximum absolute atomic E-state index is 10.1. The van der Waals surface area contributed by atoms with Crippen LogP contribution in [0.4, 0.5) is 0 Å². The van der Waals surface area contributed by atoms with Crippen molar-refractivity contribution < 1.29 is 128 Å². The Morgan fingerprint density at radius 1 is 0.698 bits per heavy atom. The number of amidine groups is 2. The molecule has 0 bridgehead atoms. The third-order valence-corrected chi connectivity index (χ3v) is 7.06. The van der Waals surface area contributed by atoms with Crippen molar-refractivity contribution in [2.75, 3.05) is 0 Å². The van der Waals surface area contributed by atoms with Crippen LogP contribution in [-0.4, -0.2) is 56.7 Å². The number of nitrogens with one attached hydrogen (secondary N) is 2. The van der Waals surface area contributed by atoms with E-state index in [-0.39, 0.29) is 119 Å². The molecule has 2 rings (SSSR count). The zero-order chi connectivity index (χ0) is 31.0. The first-order valence-electron chi connectivity index (χ1n) is 12.1. The summed E-state index contributed by atoms with van der Waals surface area (Å²) in [5.41, 5.74) is -3.38. The van der Waals surface area contributed by atoms with Crippen molar-refractivity contribution in [3.63, 3.8) is 0 Å². The Bertz CT molecular complexity index is 1090. The molecule has 4 atom stereocenters. The first kappa shape index (κ1) is 47.2. The standard InChI is InChI=1S/C10H20N6O5Si.C10H20N4O3Si.3Na/c1-9(13-15-20-17)6-10(2,14-16-21-18)8(12-7(9)11)19-22(3,4)5;1-7-6-10(2,13-14-17-15)9(11)12-8(7)16-18(3,4)5;;;/h11,17-18H,6H2,1-5H3;7,11,15H,6H2,1-5H3;;;/q;;3*+1/p-3. The zero-order valence-electron chi connectivity index (χ0n) is 27.3. The monoisotopic (exact) mass is 670 g/mol. The molecular weight excluding hydrogens is 633 g/mol. The van der Waals surface area contributed by atoms with Crippen molar-refractivity contribution in [1.29, 1.82) is 10.8 Å². The van der Waals surface area contributed by atoms with E-state index in [2.05, 4.69) is 75.8 Å². The van der Waals surface area contributed by atoms with Crippen LogP contribution < -0.4 is 104 Å². The Kier molecular flexibility index (Phi) is 21.4. The minimum Gasteiger partial charge on any atom is -0.636 e. The summed E-state index contributed by atoms with van der Waals surface area (Å²) in [5.74, 6) is 0.622. The summed E-state index contributed by atoms with van der Waals surface area (Å²) < 4.78 is 11.7. The normalized spacial score (nSPS) is 27.5. The molecule has 43 heavy (non-hydrogen) atoms. The van der Waals surface area contributed by atoms with Crippen LogP contribution in [0.2, 0.25) is 39.3 Å². The Balaban J connectivity index is -0.000000707. The van der Waals surface area contributed by atoms with Gasteiger partial charge in [0.15, 0.2) is 23.1 Å². The quantitative estimate of drug-likeness (QED) is 0.108. The van der Waals surface area contributed by atoms with Crippen LogP contribution in [0.25, 0.3) is 0 Å². The van der Waals surface area contributed by atoms with E-state index in [9.17, 15) is 15.8 Å². The van der Waals surface area contributed by atoms with Gasteiger partial charge in [0.25, 0.3) is 0 Å². The van der Waals surface area contributed by atoms with Crippen molar-refractivity contribution in [1.82, 2.24) is 0 Å². The average molecular weight is 671 g/mol. The van der Waals surface area contributed by atoms with Crippen LogP contribution in [0.1, 0.15) is 40.5 Å². The second-order valence-corrected chi connectivity index (χ2v) is 20.7. The molecule has 0 aliphatic carbocycles. The Morgan fingerprint density at radius 2 is 1.09 bits per heavy atom. The molecule has 4 unspecified atom stereocenters.